The number of benzene rings is 1. The number of rotatable bonds is 4. The third-order valence-electron chi connectivity index (χ3n) is 1.45. The summed E-state index contributed by atoms with van der Waals surface area (Å²) in [6.07, 6.45) is 2.04. The van der Waals surface area contributed by atoms with Gasteiger partial charge < -0.3 is 11.7 Å². The Labute approximate surface area is 106 Å². The Morgan fingerprint density at radius 3 is 2.46 bits per heavy atom. The van der Waals surface area contributed by atoms with Crippen LogP contribution in [0.3, 0.4) is 0 Å². The average molecular weight is 339 g/mol. The van der Waals surface area contributed by atoms with Crippen molar-refractivity contribution in [1.29, 1.82) is 0 Å². The molecule has 0 N–H and O–H groups in total. The molecule has 13 heavy (non-hydrogen) atoms. The Morgan fingerprint density at radius 1 is 1.31 bits per heavy atom. The van der Waals surface area contributed by atoms with Gasteiger partial charge in [0.05, 0.1) is 0 Å². The first-order chi connectivity index (χ1) is 5.83. The summed E-state index contributed by atoms with van der Waals surface area (Å²) in [4.78, 5) is 0. The SMILES string of the molecule is [CH2-]COC[CH-]c1ccc(I)cc1.[Zn+2]. The van der Waals surface area contributed by atoms with Crippen LogP contribution in [0.5, 0.6) is 0 Å². The van der Waals surface area contributed by atoms with E-state index >= 15 is 0 Å². The van der Waals surface area contributed by atoms with Gasteiger partial charge in [-0.1, -0.05) is 6.61 Å². The fourth-order valence-corrected chi connectivity index (χ4v) is 1.20. The zero-order valence-electron chi connectivity index (χ0n) is 7.50. The van der Waals surface area contributed by atoms with Crippen molar-refractivity contribution in [3.05, 3.63) is 46.7 Å². The van der Waals surface area contributed by atoms with Crippen molar-refractivity contribution in [2.24, 2.45) is 0 Å². The maximum Gasteiger partial charge on any atom is 2.00 e. The minimum Gasteiger partial charge on any atom is -0.422 e. The van der Waals surface area contributed by atoms with Crippen LogP contribution in [0.15, 0.2) is 24.3 Å². The van der Waals surface area contributed by atoms with E-state index in [1.165, 1.54) is 9.13 Å². The monoisotopic (exact) mass is 338 g/mol. The zero-order valence-corrected chi connectivity index (χ0v) is 12.6. The van der Waals surface area contributed by atoms with Crippen LogP contribution in [0.4, 0.5) is 0 Å². The molecule has 1 nitrogen and oxygen atoms in total. The zero-order chi connectivity index (χ0) is 8.81. The van der Waals surface area contributed by atoms with Crippen molar-refractivity contribution in [2.75, 3.05) is 13.2 Å². The maximum absolute atomic E-state index is 5.10. The van der Waals surface area contributed by atoms with E-state index < -0.39 is 0 Å². The maximum atomic E-state index is 5.10. The average Bonchev–Trinajstić information content (AvgIpc) is 2.09. The molecule has 0 fully saturated rings. The molecule has 0 aliphatic rings. The summed E-state index contributed by atoms with van der Waals surface area (Å²) < 4.78 is 6.35. The van der Waals surface area contributed by atoms with Crippen LogP contribution in [0.2, 0.25) is 0 Å². The molecule has 1 rings (SSSR count). The predicted octanol–water partition coefficient (Wildman–Crippen LogP) is 2.69. The van der Waals surface area contributed by atoms with Crippen LogP contribution >= 0.6 is 22.6 Å². The Morgan fingerprint density at radius 2 is 1.92 bits per heavy atom. The van der Waals surface area contributed by atoms with Gasteiger partial charge in [-0.15, -0.1) is 12.1 Å². The van der Waals surface area contributed by atoms with Crippen molar-refractivity contribution in [2.45, 2.75) is 0 Å². The Kier molecular flexibility index (Phi) is 8.02. The Balaban J connectivity index is 0.00000144. The first kappa shape index (κ1) is 13.4. The summed E-state index contributed by atoms with van der Waals surface area (Å²) in [5, 5.41) is 0. The number of halogens is 1. The molecule has 0 bridgehead atoms. The van der Waals surface area contributed by atoms with Crippen molar-refractivity contribution in [3.63, 3.8) is 0 Å². The summed E-state index contributed by atoms with van der Waals surface area (Å²) in [5.74, 6) is 0. The van der Waals surface area contributed by atoms with Crippen LogP contribution in [0.25, 0.3) is 0 Å². The van der Waals surface area contributed by atoms with Gasteiger partial charge in [0.15, 0.2) is 0 Å². The molecule has 0 radical (unpaired) electrons. The normalized spacial score (nSPS) is 9.08. The van der Waals surface area contributed by atoms with Gasteiger partial charge in [0.25, 0.3) is 0 Å². The second-order valence-electron chi connectivity index (χ2n) is 2.33. The van der Waals surface area contributed by atoms with Gasteiger partial charge in [-0.25, -0.2) is 0 Å². The molecule has 0 saturated carbocycles. The molecule has 0 heterocycles. The standard InChI is InChI=1S/C10H11IO.Zn/c1-2-12-8-7-9-3-5-10(11)6-4-9;/h3-7H,1-2,8H2;/q-2;+2. The third kappa shape index (κ3) is 5.66. The molecular weight excluding hydrogens is 328 g/mol. The molecule has 66 valence electrons. The van der Waals surface area contributed by atoms with E-state index in [1.807, 2.05) is 6.42 Å². The number of ether oxygens (including phenoxy) is 1. The van der Waals surface area contributed by atoms with E-state index in [1.54, 1.807) is 0 Å². The second-order valence-corrected chi connectivity index (χ2v) is 3.58. The molecule has 0 aromatic heterocycles. The van der Waals surface area contributed by atoms with Crippen LogP contribution < -0.4 is 0 Å². The first-order valence-corrected chi connectivity index (χ1v) is 4.86. The van der Waals surface area contributed by atoms with Gasteiger partial charge in [0.1, 0.15) is 0 Å². The molecule has 0 aliphatic carbocycles. The van der Waals surface area contributed by atoms with Crippen molar-refractivity contribution in [1.82, 2.24) is 0 Å². The van der Waals surface area contributed by atoms with Crippen molar-refractivity contribution in [3.8, 4) is 0 Å². The van der Waals surface area contributed by atoms with Crippen LogP contribution in [-0.4, -0.2) is 13.2 Å². The molecule has 0 atom stereocenters. The molecule has 3 heteroatoms. The summed E-state index contributed by atoms with van der Waals surface area (Å²) in [7, 11) is 0. The largest absolute Gasteiger partial charge is 2.00 e. The van der Waals surface area contributed by atoms with E-state index in [4.69, 9.17) is 4.74 Å². The summed E-state index contributed by atoms with van der Waals surface area (Å²) in [5.41, 5.74) is 1.20. The smallest absolute Gasteiger partial charge is 0.422 e. The molecule has 0 unspecified atom stereocenters. The topological polar surface area (TPSA) is 9.23 Å². The van der Waals surface area contributed by atoms with Gasteiger partial charge in [-0.2, -0.15) is 24.1 Å². The molecule has 0 saturated heterocycles. The second kappa shape index (κ2) is 7.77. The molecule has 1 aromatic rings. The van der Waals surface area contributed by atoms with Gasteiger partial charge >= 0.3 is 19.5 Å². The van der Waals surface area contributed by atoms with Crippen LogP contribution in [0, 0.1) is 16.9 Å². The fourth-order valence-electron chi connectivity index (χ4n) is 0.837. The van der Waals surface area contributed by atoms with Crippen molar-refractivity contribution < 1.29 is 24.2 Å². The summed E-state index contributed by atoms with van der Waals surface area (Å²) in [6, 6.07) is 8.32. The molecule has 0 spiro atoms. The number of hydrogen-bond donors (Lipinski definition) is 0. The molecule has 1 aromatic carbocycles. The van der Waals surface area contributed by atoms with Gasteiger partial charge in [-0.3, -0.25) is 0 Å². The minimum atomic E-state index is 0. The van der Waals surface area contributed by atoms with Gasteiger partial charge in [0, 0.05) is 6.61 Å². The quantitative estimate of drug-likeness (QED) is 0.355. The van der Waals surface area contributed by atoms with E-state index in [0.29, 0.717) is 13.2 Å². The predicted molar refractivity (Wildman–Crippen MR) is 58.7 cm³/mol. The fraction of sp³-hybridized carbons (Fsp3) is 0.200. The third-order valence-corrected chi connectivity index (χ3v) is 2.17. The van der Waals surface area contributed by atoms with Crippen LogP contribution in [-0.2, 0) is 24.2 Å². The summed E-state index contributed by atoms with van der Waals surface area (Å²) in [6.45, 7) is 4.76. The number of hydrogen-bond acceptors (Lipinski definition) is 1. The molecule has 0 amide bonds. The first-order valence-electron chi connectivity index (χ1n) is 3.78. The van der Waals surface area contributed by atoms with Crippen LogP contribution in [0.1, 0.15) is 5.56 Å². The van der Waals surface area contributed by atoms with E-state index in [9.17, 15) is 0 Å². The Hall–Kier alpha value is 0.403. The van der Waals surface area contributed by atoms with E-state index in [2.05, 4.69) is 53.8 Å². The van der Waals surface area contributed by atoms with E-state index in [-0.39, 0.29) is 19.5 Å². The van der Waals surface area contributed by atoms with Gasteiger partial charge in [-0.05, 0) is 26.2 Å². The van der Waals surface area contributed by atoms with E-state index in [0.717, 1.165) is 0 Å². The minimum absolute atomic E-state index is 0. The summed E-state index contributed by atoms with van der Waals surface area (Å²) >= 11 is 2.29. The van der Waals surface area contributed by atoms with Crippen molar-refractivity contribution >= 4 is 22.6 Å². The molecule has 0 aliphatic heterocycles. The molecular formula is C10H11IOZn. The Bertz CT molecular complexity index is 223. The van der Waals surface area contributed by atoms with Gasteiger partial charge in [0.2, 0.25) is 0 Å².